The molecule has 0 aliphatic carbocycles. The molecule has 2 aliphatic heterocycles. The molecule has 72 valence electrons. The summed E-state index contributed by atoms with van der Waals surface area (Å²) in [4.78, 5) is 10.7. The van der Waals surface area contributed by atoms with E-state index in [0.717, 1.165) is 0 Å². The van der Waals surface area contributed by atoms with Gasteiger partial charge in [-0.1, -0.05) is 11.8 Å². The van der Waals surface area contributed by atoms with Crippen molar-refractivity contribution in [1.29, 1.82) is 0 Å². The van der Waals surface area contributed by atoms with Gasteiger partial charge in [-0.15, -0.1) is 0 Å². The monoisotopic (exact) mass is 192 g/mol. The van der Waals surface area contributed by atoms with Crippen LogP contribution in [0.2, 0.25) is 0 Å². The lowest BCUT2D eigenvalue weighted by molar-refractivity contribution is -0.132. The van der Waals surface area contributed by atoms with Gasteiger partial charge in [-0.25, -0.2) is 4.79 Å². The molecule has 1 N–H and O–H groups in total. The molecule has 4 nitrogen and oxygen atoms in total. The van der Waals surface area contributed by atoms with Gasteiger partial charge in [-0.05, 0) is 6.08 Å². The van der Waals surface area contributed by atoms with E-state index < -0.39 is 5.97 Å². The Morgan fingerprint density at radius 3 is 2.93 bits per heavy atom. The lowest BCUT2D eigenvalue weighted by Gasteiger charge is -1.98. The second kappa shape index (κ2) is 3.66. The number of esters is 1. The molecule has 0 radical (unpaired) electrons. The van der Waals surface area contributed by atoms with E-state index in [0.29, 0.717) is 17.9 Å². The quantitative estimate of drug-likeness (QED) is 0.353. The molecule has 1 fully saturated rings. The van der Waals surface area contributed by atoms with Crippen LogP contribution in [0.5, 0.6) is 0 Å². The second-order valence-corrected chi connectivity index (χ2v) is 2.85. The van der Waals surface area contributed by atoms with Crippen LogP contribution in [0.4, 0.5) is 0 Å². The molecule has 2 rings (SSSR count). The number of carbonyl (C=O) groups is 1. The van der Waals surface area contributed by atoms with Crippen LogP contribution in [0.15, 0.2) is 23.5 Å². The van der Waals surface area contributed by atoms with Crippen molar-refractivity contribution >= 4 is 5.97 Å². The molecule has 2 heterocycles. The highest BCUT2D eigenvalue weighted by atomic mass is 16.6. The Morgan fingerprint density at radius 1 is 1.64 bits per heavy atom. The van der Waals surface area contributed by atoms with Crippen LogP contribution in [-0.2, 0) is 14.3 Å². The van der Waals surface area contributed by atoms with Crippen molar-refractivity contribution in [3.8, 4) is 11.8 Å². The van der Waals surface area contributed by atoms with E-state index >= 15 is 0 Å². The van der Waals surface area contributed by atoms with Crippen molar-refractivity contribution in [2.45, 2.75) is 6.10 Å². The highest BCUT2D eigenvalue weighted by Gasteiger charge is 2.19. The van der Waals surface area contributed by atoms with Crippen molar-refractivity contribution in [2.75, 3.05) is 13.2 Å². The SMILES string of the molecule is O=C1C=C/C(=C(/C#CC2CO2)CO)O1. The van der Waals surface area contributed by atoms with E-state index in [4.69, 9.17) is 14.6 Å². The van der Waals surface area contributed by atoms with Crippen molar-refractivity contribution < 1.29 is 19.4 Å². The number of hydrogen-bond acceptors (Lipinski definition) is 4. The van der Waals surface area contributed by atoms with Gasteiger partial charge >= 0.3 is 5.97 Å². The Labute approximate surface area is 80.8 Å². The molecule has 14 heavy (non-hydrogen) atoms. The first-order chi connectivity index (χ1) is 6.79. The Morgan fingerprint density at radius 2 is 2.43 bits per heavy atom. The molecular formula is C10H8O4. The predicted octanol–water partition coefficient (Wildman–Crippen LogP) is -0.252. The van der Waals surface area contributed by atoms with Gasteiger partial charge in [0.15, 0.2) is 0 Å². The largest absolute Gasteiger partial charge is 0.422 e. The second-order valence-electron chi connectivity index (χ2n) is 2.85. The van der Waals surface area contributed by atoms with Crippen LogP contribution in [0, 0.1) is 11.8 Å². The van der Waals surface area contributed by atoms with Gasteiger partial charge in [0.25, 0.3) is 0 Å². The topological polar surface area (TPSA) is 59.1 Å². The average Bonchev–Trinajstić information content (AvgIpc) is 2.90. The molecule has 2 aliphatic rings. The molecule has 0 bridgehead atoms. The molecule has 1 atom stereocenters. The standard InChI is InChI=1S/C10H8O4/c11-5-7(1-2-8-6-13-8)9-3-4-10(12)14-9/h3-4,8,11H,5-6H2/b9-7+. The minimum Gasteiger partial charge on any atom is -0.422 e. The maximum atomic E-state index is 10.7. The van der Waals surface area contributed by atoms with Crippen LogP contribution in [0.3, 0.4) is 0 Å². The Kier molecular flexibility index (Phi) is 2.35. The predicted molar refractivity (Wildman–Crippen MR) is 46.9 cm³/mol. The fourth-order valence-electron chi connectivity index (χ4n) is 0.960. The number of carbonyl (C=O) groups excluding carboxylic acids is 1. The summed E-state index contributed by atoms with van der Waals surface area (Å²) in [7, 11) is 0. The van der Waals surface area contributed by atoms with Gasteiger partial charge in [0.05, 0.1) is 18.8 Å². The molecule has 0 aromatic carbocycles. The van der Waals surface area contributed by atoms with Gasteiger partial charge in [0, 0.05) is 6.08 Å². The van der Waals surface area contributed by atoms with Crippen LogP contribution in [0.1, 0.15) is 0 Å². The fourth-order valence-corrected chi connectivity index (χ4v) is 0.960. The van der Waals surface area contributed by atoms with E-state index in [-0.39, 0.29) is 12.7 Å². The smallest absolute Gasteiger partial charge is 0.336 e. The normalized spacial score (nSPS) is 26.6. The highest BCUT2D eigenvalue weighted by Crippen LogP contribution is 2.14. The number of aliphatic hydroxyl groups is 1. The maximum Gasteiger partial charge on any atom is 0.336 e. The lowest BCUT2D eigenvalue weighted by atomic mass is 10.2. The van der Waals surface area contributed by atoms with Crippen molar-refractivity contribution in [2.24, 2.45) is 0 Å². The zero-order valence-corrected chi connectivity index (χ0v) is 7.32. The van der Waals surface area contributed by atoms with E-state index in [2.05, 4.69) is 11.8 Å². The van der Waals surface area contributed by atoms with Crippen molar-refractivity contribution in [1.82, 2.24) is 0 Å². The third-order valence-electron chi connectivity index (χ3n) is 1.75. The van der Waals surface area contributed by atoms with Crippen molar-refractivity contribution in [3.05, 3.63) is 23.5 Å². The first-order valence-electron chi connectivity index (χ1n) is 4.16. The molecule has 4 heteroatoms. The van der Waals surface area contributed by atoms with E-state index in [1.807, 2.05) is 0 Å². The number of ether oxygens (including phenoxy) is 2. The summed E-state index contributed by atoms with van der Waals surface area (Å²) >= 11 is 0. The molecular weight excluding hydrogens is 184 g/mol. The molecule has 0 aromatic rings. The summed E-state index contributed by atoms with van der Waals surface area (Å²) in [5, 5.41) is 8.98. The summed E-state index contributed by atoms with van der Waals surface area (Å²) in [5.41, 5.74) is 0.405. The number of hydrogen-bond donors (Lipinski definition) is 1. The number of epoxide rings is 1. The van der Waals surface area contributed by atoms with Crippen LogP contribution >= 0.6 is 0 Å². The molecule has 0 aromatic heterocycles. The summed E-state index contributed by atoms with van der Waals surface area (Å²) in [6.45, 7) is 0.392. The first-order valence-corrected chi connectivity index (χ1v) is 4.16. The summed E-state index contributed by atoms with van der Waals surface area (Å²) in [6, 6.07) is 0. The third kappa shape index (κ3) is 2.02. The van der Waals surface area contributed by atoms with E-state index in [1.54, 1.807) is 0 Å². The van der Waals surface area contributed by atoms with Gasteiger partial charge < -0.3 is 14.6 Å². The van der Waals surface area contributed by atoms with Gasteiger partial charge in [-0.3, -0.25) is 0 Å². The summed E-state index contributed by atoms with van der Waals surface area (Å²) < 4.78 is 9.68. The molecule has 1 saturated heterocycles. The number of allylic oxidation sites excluding steroid dienone is 1. The zero-order chi connectivity index (χ0) is 9.97. The van der Waals surface area contributed by atoms with Crippen LogP contribution in [-0.4, -0.2) is 30.4 Å². The maximum absolute atomic E-state index is 10.7. The molecule has 1 unspecified atom stereocenters. The minimum atomic E-state index is -0.435. The first kappa shape index (κ1) is 9.00. The van der Waals surface area contributed by atoms with Crippen LogP contribution in [0.25, 0.3) is 0 Å². The third-order valence-corrected chi connectivity index (χ3v) is 1.75. The Bertz CT molecular complexity index is 377. The van der Waals surface area contributed by atoms with Gasteiger partial charge in [0.1, 0.15) is 11.9 Å². The van der Waals surface area contributed by atoms with Crippen molar-refractivity contribution in [3.63, 3.8) is 0 Å². The zero-order valence-electron chi connectivity index (χ0n) is 7.32. The molecule has 0 amide bonds. The lowest BCUT2D eigenvalue weighted by Crippen LogP contribution is -1.97. The fraction of sp³-hybridized carbons (Fsp3) is 0.300. The number of rotatable bonds is 1. The molecule has 0 saturated carbocycles. The average molecular weight is 192 g/mol. The number of cyclic esters (lactones) is 1. The minimum absolute atomic E-state index is 0.0294. The molecule has 0 spiro atoms. The van der Waals surface area contributed by atoms with Gasteiger partial charge in [0.2, 0.25) is 0 Å². The highest BCUT2D eigenvalue weighted by molar-refractivity contribution is 5.86. The summed E-state index contributed by atoms with van der Waals surface area (Å²) in [6.07, 6.45) is 2.76. The van der Waals surface area contributed by atoms with Gasteiger partial charge in [-0.2, -0.15) is 0 Å². The number of aliphatic hydroxyl groups excluding tert-OH is 1. The van der Waals surface area contributed by atoms with E-state index in [9.17, 15) is 4.79 Å². The summed E-state index contributed by atoms with van der Waals surface area (Å²) in [5.74, 6) is 5.39. The van der Waals surface area contributed by atoms with Crippen LogP contribution < -0.4 is 0 Å². The Hall–Kier alpha value is -1.57. The Balaban J connectivity index is 2.16. The van der Waals surface area contributed by atoms with E-state index in [1.165, 1.54) is 12.2 Å².